The molecule has 1 rings (SSSR count). The van der Waals surface area contributed by atoms with E-state index in [0.717, 1.165) is 0 Å². The van der Waals surface area contributed by atoms with Crippen LogP contribution in [0.25, 0.3) is 0 Å². The summed E-state index contributed by atoms with van der Waals surface area (Å²) in [6.45, 7) is 0.495. The molecule has 98 valence electrons. The largest absolute Gasteiger partial charge is 0.453 e. The first kappa shape index (κ1) is 14.0. The standard InChI is InChI=1S/C12H17N3O3/c1-18-12(17)15-10-6-4-9(5-7-10)14-11(16)3-2-8-13/h4-7H,2-3,8,13H2,1H3,(H,14,16)(H,15,17). The molecule has 4 N–H and O–H groups in total. The molecule has 6 nitrogen and oxygen atoms in total. The lowest BCUT2D eigenvalue weighted by Crippen LogP contribution is -2.13. The molecule has 0 bridgehead atoms. The fourth-order valence-electron chi connectivity index (χ4n) is 1.29. The lowest BCUT2D eigenvalue weighted by molar-refractivity contribution is -0.116. The molecule has 0 aliphatic carbocycles. The van der Waals surface area contributed by atoms with Crippen molar-refractivity contribution in [3.63, 3.8) is 0 Å². The Morgan fingerprint density at radius 1 is 1.17 bits per heavy atom. The molecule has 0 saturated carbocycles. The fourth-order valence-corrected chi connectivity index (χ4v) is 1.29. The summed E-state index contributed by atoms with van der Waals surface area (Å²) in [7, 11) is 1.29. The number of ether oxygens (including phenoxy) is 1. The van der Waals surface area contributed by atoms with Crippen molar-refractivity contribution in [3.8, 4) is 0 Å². The van der Waals surface area contributed by atoms with Gasteiger partial charge in [0.2, 0.25) is 5.91 Å². The van der Waals surface area contributed by atoms with Crippen LogP contribution in [0.1, 0.15) is 12.8 Å². The van der Waals surface area contributed by atoms with Gasteiger partial charge < -0.3 is 15.8 Å². The second-order valence-electron chi connectivity index (χ2n) is 3.63. The lowest BCUT2D eigenvalue weighted by atomic mass is 10.2. The summed E-state index contributed by atoms with van der Waals surface area (Å²) in [6, 6.07) is 6.75. The Hall–Kier alpha value is -2.08. The van der Waals surface area contributed by atoms with E-state index in [1.807, 2.05) is 0 Å². The molecule has 0 aliphatic heterocycles. The van der Waals surface area contributed by atoms with Crippen molar-refractivity contribution in [2.75, 3.05) is 24.3 Å². The maximum Gasteiger partial charge on any atom is 0.411 e. The molecule has 0 saturated heterocycles. The number of anilines is 2. The molecule has 18 heavy (non-hydrogen) atoms. The number of hydrogen-bond acceptors (Lipinski definition) is 4. The Morgan fingerprint density at radius 2 is 1.72 bits per heavy atom. The van der Waals surface area contributed by atoms with Crippen LogP contribution in [0.4, 0.5) is 16.2 Å². The third-order valence-corrected chi connectivity index (χ3v) is 2.21. The van der Waals surface area contributed by atoms with Crippen LogP contribution in [0.15, 0.2) is 24.3 Å². The van der Waals surface area contributed by atoms with Gasteiger partial charge in [-0.1, -0.05) is 0 Å². The monoisotopic (exact) mass is 251 g/mol. The van der Waals surface area contributed by atoms with Crippen molar-refractivity contribution >= 4 is 23.4 Å². The van der Waals surface area contributed by atoms with Gasteiger partial charge in [-0.3, -0.25) is 10.1 Å². The lowest BCUT2D eigenvalue weighted by Gasteiger charge is -2.07. The Labute approximate surface area is 105 Å². The zero-order chi connectivity index (χ0) is 13.4. The summed E-state index contributed by atoms with van der Waals surface area (Å²) in [5.41, 5.74) is 6.59. The van der Waals surface area contributed by atoms with Crippen molar-refractivity contribution in [3.05, 3.63) is 24.3 Å². The summed E-state index contributed by atoms with van der Waals surface area (Å²) in [4.78, 5) is 22.4. The number of amides is 2. The molecule has 0 radical (unpaired) electrons. The van der Waals surface area contributed by atoms with Gasteiger partial charge in [0, 0.05) is 17.8 Å². The number of nitrogens with one attached hydrogen (secondary N) is 2. The minimum Gasteiger partial charge on any atom is -0.453 e. The van der Waals surface area contributed by atoms with Crippen molar-refractivity contribution in [1.82, 2.24) is 0 Å². The number of carbonyl (C=O) groups is 2. The molecule has 0 heterocycles. The number of carbonyl (C=O) groups excluding carboxylic acids is 2. The highest BCUT2D eigenvalue weighted by Gasteiger charge is 2.03. The van der Waals surface area contributed by atoms with E-state index in [4.69, 9.17) is 5.73 Å². The van der Waals surface area contributed by atoms with Crippen LogP contribution in [-0.2, 0) is 9.53 Å². The SMILES string of the molecule is COC(=O)Nc1ccc(NC(=O)CCCN)cc1. The van der Waals surface area contributed by atoms with Gasteiger partial charge in [-0.25, -0.2) is 4.79 Å². The predicted molar refractivity (Wildman–Crippen MR) is 69.4 cm³/mol. The number of hydrogen-bond donors (Lipinski definition) is 3. The van der Waals surface area contributed by atoms with E-state index in [1.165, 1.54) is 7.11 Å². The molecule has 0 atom stereocenters. The molecule has 6 heteroatoms. The Morgan fingerprint density at radius 3 is 2.22 bits per heavy atom. The summed E-state index contributed by atoms with van der Waals surface area (Å²) in [6.07, 6.45) is 0.529. The molecular weight excluding hydrogens is 234 g/mol. The van der Waals surface area contributed by atoms with E-state index in [1.54, 1.807) is 24.3 Å². The van der Waals surface area contributed by atoms with E-state index in [2.05, 4.69) is 15.4 Å². The van der Waals surface area contributed by atoms with Crippen LogP contribution in [0.2, 0.25) is 0 Å². The molecule has 1 aromatic rings. The van der Waals surface area contributed by atoms with Crippen LogP contribution < -0.4 is 16.4 Å². The van der Waals surface area contributed by atoms with E-state index in [-0.39, 0.29) is 5.91 Å². The third kappa shape index (κ3) is 4.84. The second kappa shape index (κ2) is 7.29. The zero-order valence-electron chi connectivity index (χ0n) is 10.2. The summed E-state index contributed by atoms with van der Waals surface area (Å²) < 4.78 is 4.46. The van der Waals surface area contributed by atoms with Crippen LogP contribution in [-0.4, -0.2) is 25.7 Å². The summed E-state index contributed by atoms with van der Waals surface area (Å²) in [5.74, 6) is -0.0749. The van der Waals surface area contributed by atoms with Gasteiger partial charge in [0.05, 0.1) is 7.11 Å². The molecule has 0 spiro atoms. The highest BCUT2D eigenvalue weighted by molar-refractivity contribution is 5.91. The van der Waals surface area contributed by atoms with Crippen LogP contribution in [0, 0.1) is 0 Å². The fraction of sp³-hybridized carbons (Fsp3) is 0.333. The first-order valence-corrected chi connectivity index (χ1v) is 5.60. The number of methoxy groups -OCH3 is 1. The van der Waals surface area contributed by atoms with Crippen molar-refractivity contribution in [2.24, 2.45) is 5.73 Å². The molecular formula is C12H17N3O3. The number of benzene rings is 1. The third-order valence-electron chi connectivity index (χ3n) is 2.21. The van der Waals surface area contributed by atoms with E-state index in [9.17, 15) is 9.59 Å². The molecule has 1 aromatic carbocycles. The van der Waals surface area contributed by atoms with E-state index >= 15 is 0 Å². The van der Waals surface area contributed by atoms with E-state index < -0.39 is 6.09 Å². The van der Waals surface area contributed by atoms with Gasteiger partial charge in [-0.05, 0) is 37.2 Å². The van der Waals surface area contributed by atoms with Crippen molar-refractivity contribution in [2.45, 2.75) is 12.8 Å². The summed E-state index contributed by atoms with van der Waals surface area (Å²) >= 11 is 0. The predicted octanol–water partition coefficient (Wildman–Crippen LogP) is 1.54. The van der Waals surface area contributed by atoms with Gasteiger partial charge in [0.25, 0.3) is 0 Å². The zero-order valence-corrected chi connectivity index (χ0v) is 10.2. The average molecular weight is 251 g/mol. The minimum absolute atomic E-state index is 0.0749. The molecule has 0 fully saturated rings. The van der Waals surface area contributed by atoms with Gasteiger partial charge in [-0.15, -0.1) is 0 Å². The molecule has 0 aromatic heterocycles. The highest BCUT2D eigenvalue weighted by atomic mass is 16.5. The average Bonchev–Trinajstić information content (AvgIpc) is 2.38. The summed E-state index contributed by atoms with van der Waals surface area (Å²) in [5, 5.41) is 5.25. The maximum absolute atomic E-state index is 11.4. The van der Waals surface area contributed by atoms with Crippen molar-refractivity contribution < 1.29 is 14.3 Å². The van der Waals surface area contributed by atoms with Crippen LogP contribution >= 0.6 is 0 Å². The van der Waals surface area contributed by atoms with Crippen molar-refractivity contribution in [1.29, 1.82) is 0 Å². The maximum atomic E-state index is 11.4. The minimum atomic E-state index is -0.533. The smallest absolute Gasteiger partial charge is 0.411 e. The second-order valence-corrected chi connectivity index (χ2v) is 3.63. The Balaban J connectivity index is 2.49. The van der Waals surface area contributed by atoms with E-state index in [0.29, 0.717) is 30.8 Å². The molecule has 0 unspecified atom stereocenters. The molecule has 0 aliphatic rings. The number of nitrogens with two attached hydrogens (primary N) is 1. The van der Waals surface area contributed by atoms with Gasteiger partial charge in [0.15, 0.2) is 0 Å². The van der Waals surface area contributed by atoms with Crippen LogP contribution in [0.3, 0.4) is 0 Å². The quantitative estimate of drug-likeness (QED) is 0.740. The molecule has 2 amide bonds. The first-order valence-electron chi connectivity index (χ1n) is 5.60. The topological polar surface area (TPSA) is 93.5 Å². The van der Waals surface area contributed by atoms with Crippen LogP contribution in [0.5, 0.6) is 0 Å². The first-order chi connectivity index (χ1) is 8.65. The Kier molecular flexibility index (Phi) is 5.66. The van der Waals surface area contributed by atoms with Gasteiger partial charge in [0.1, 0.15) is 0 Å². The highest BCUT2D eigenvalue weighted by Crippen LogP contribution is 2.14. The van der Waals surface area contributed by atoms with Gasteiger partial charge in [-0.2, -0.15) is 0 Å². The van der Waals surface area contributed by atoms with Gasteiger partial charge >= 0.3 is 6.09 Å². The normalized spacial score (nSPS) is 9.67. The Bertz CT molecular complexity index is 404. The number of rotatable bonds is 5.